The summed E-state index contributed by atoms with van der Waals surface area (Å²) in [6.45, 7) is 3.88. The molecule has 0 atom stereocenters. The molecule has 3 amide bonds. The van der Waals surface area contributed by atoms with Crippen molar-refractivity contribution in [1.82, 2.24) is 4.90 Å². The van der Waals surface area contributed by atoms with Crippen LogP contribution in [-0.2, 0) is 16.2 Å². The Bertz CT molecular complexity index is 1490. The smallest absolute Gasteiger partial charge is 0.294 e. The summed E-state index contributed by atoms with van der Waals surface area (Å²) in [6, 6.07) is 16.8. The second-order valence-electron chi connectivity index (χ2n) is 8.66. The number of rotatable bonds is 10. The van der Waals surface area contributed by atoms with Gasteiger partial charge in [-0.1, -0.05) is 17.7 Å². The highest BCUT2D eigenvalue weighted by Gasteiger charge is 2.36. The second-order valence-corrected chi connectivity index (χ2v) is 10.8. The third-order valence-electron chi connectivity index (χ3n) is 5.67. The lowest BCUT2D eigenvalue weighted by Crippen LogP contribution is -2.36. The Hall–Kier alpha value is -3.91. The molecule has 0 aliphatic carbocycles. The number of imide groups is 1. The third kappa shape index (κ3) is 7.18. The summed E-state index contributed by atoms with van der Waals surface area (Å²) < 4.78 is 12.5. The number of non-ortho nitro benzene ring substituents is 1. The van der Waals surface area contributed by atoms with E-state index in [2.05, 4.69) is 27.9 Å². The number of nitro benzene ring substituents is 1. The number of hydrogen-bond donors (Lipinski definition) is 1. The Morgan fingerprint density at radius 2 is 1.80 bits per heavy atom. The highest BCUT2D eigenvalue weighted by Crippen LogP contribution is 2.38. The fourth-order valence-electron chi connectivity index (χ4n) is 3.71. The van der Waals surface area contributed by atoms with Crippen LogP contribution in [0.2, 0.25) is 0 Å². The normalized spacial score (nSPS) is 14.0. The van der Waals surface area contributed by atoms with Crippen molar-refractivity contribution in [2.45, 2.75) is 20.5 Å². The molecule has 1 aliphatic heterocycles. The minimum Gasteiger partial charge on any atom is -0.490 e. The van der Waals surface area contributed by atoms with Crippen molar-refractivity contribution in [3.05, 3.63) is 95.9 Å². The molecule has 1 N–H and O–H groups in total. The molecule has 0 radical (unpaired) electrons. The molecular weight excluding hydrogens is 649 g/mol. The number of carbonyl (C=O) groups excluding carboxylic acids is 3. The zero-order valence-corrected chi connectivity index (χ0v) is 24.5. The van der Waals surface area contributed by atoms with E-state index in [1.807, 2.05) is 26.0 Å². The summed E-state index contributed by atoms with van der Waals surface area (Å²) in [4.78, 5) is 49.5. The van der Waals surface area contributed by atoms with Gasteiger partial charge >= 0.3 is 0 Å². The zero-order valence-electron chi connectivity index (χ0n) is 21.5. The number of halogens is 1. The van der Waals surface area contributed by atoms with E-state index in [-0.39, 0.29) is 17.2 Å². The number of benzene rings is 3. The number of ether oxygens (including phenoxy) is 2. The number of nitro groups is 1. The molecule has 40 heavy (non-hydrogen) atoms. The largest absolute Gasteiger partial charge is 0.490 e. The van der Waals surface area contributed by atoms with Crippen LogP contribution in [0.15, 0.2) is 65.6 Å². The number of carbonyl (C=O) groups is 3. The lowest BCUT2D eigenvalue weighted by atomic mass is 10.1. The van der Waals surface area contributed by atoms with Crippen molar-refractivity contribution in [2.24, 2.45) is 0 Å². The van der Waals surface area contributed by atoms with Crippen LogP contribution in [-0.4, -0.2) is 40.0 Å². The quantitative estimate of drug-likeness (QED) is 0.117. The summed E-state index contributed by atoms with van der Waals surface area (Å²) >= 11 is 2.85. The maximum Gasteiger partial charge on any atom is 0.294 e. The lowest BCUT2D eigenvalue weighted by Gasteiger charge is -2.15. The number of nitrogens with zero attached hydrogens (tertiary/aromatic N) is 2. The summed E-state index contributed by atoms with van der Waals surface area (Å²) in [7, 11) is 0. The molecule has 0 saturated carbocycles. The Kier molecular flexibility index (Phi) is 9.42. The maximum atomic E-state index is 13.0. The molecule has 1 heterocycles. The van der Waals surface area contributed by atoms with E-state index >= 15 is 0 Å². The van der Waals surface area contributed by atoms with Crippen molar-refractivity contribution in [2.75, 3.05) is 18.5 Å². The van der Waals surface area contributed by atoms with Crippen molar-refractivity contribution >= 4 is 68.9 Å². The monoisotopic (exact) mass is 673 g/mol. The molecule has 1 fully saturated rings. The van der Waals surface area contributed by atoms with Gasteiger partial charge in [-0.25, -0.2) is 0 Å². The Morgan fingerprint density at radius 1 is 1.10 bits per heavy atom. The van der Waals surface area contributed by atoms with Gasteiger partial charge in [-0.2, -0.15) is 0 Å². The number of anilines is 1. The minimum atomic E-state index is -0.555. The molecule has 206 valence electrons. The Balaban J connectivity index is 1.47. The van der Waals surface area contributed by atoms with E-state index in [0.29, 0.717) is 32.9 Å². The standard InChI is InChI=1S/C28H24IN3O7S/c1-3-38-23-13-19(12-22(29)26(23)39-16-18-6-10-21(11-7-18)32(36)37)14-24-27(34)31(28(35)40-24)15-25(33)30-20-8-4-17(2)5-9-20/h4-14H,3,15-16H2,1-2H3,(H,30,33)/b24-14+. The van der Waals surface area contributed by atoms with Crippen LogP contribution in [0.5, 0.6) is 11.5 Å². The summed E-state index contributed by atoms with van der Waals surface area (Å²) in [6.07, 6.45) is 1.58. The van der Waals surface area contributed by atoms with Gasteiger partial charge in [0.1, 0.15) is 13.2 Å². The van der Waals surface area contributed by atoms with Gasteiger partial charge in [-0.05, 0) is 102 Å². The average Bonchev–Trinajstić information content (AvgIpc) is 3.17. The highest BCUT2D eigenvalue weighted by atomic mass is 127. The fraction of sp³-hybridized carbons (Fsp3) is 0.179. The van der Waals surface area contributed by atoms with Gasteiger partial charge in [0.15, 0.2) is 11.5 Å². The molecular formula is C28H24IN3O7S. The van der Waals surface area contributed by atoms with Crippen molar-refractivity contribution in [3.63, 3.8) is 0 Å². The molecule has 0 bridgehead atoms. The van der Waals surface area contributed by atoms with Crippen LogP contribution in [0, 0.1) is 20.6 Å². The van der Waals surface area contributed by atoms with Gasteiger partial charge in [0.25, 0.3) is 16.8 Å². The fourth-order valence-corrected chi connectivity index (χ4v) is 5.33. The summed E-state index contributed by atoms with van der Waals surface area (Å²) in [5.74, 6) is -0.103. The van der Waals surface area contributed by atoms with Gasteiger partial charge < -0.3 is 14.8 Å². The van der Waals surface area contributed by atoms with Crippen LogP contribution in [0.25, 0.3) is 6.08 Å². The van der Waals surface area contributed by atoms with E-state index < -0.39 is 28.5 Å². The first-order chi connectivity index (χ1) is 19.1. The predicted molar refractivity (Wildman–Crippen MR) is 160 cm³/mol. The molecule has 10 nitrogen and oxygen atoms in total. The molecule has 0 spiro atoms. The first-order valence-electron chi connectivity index (χ1n) is 12.1. The number of thioether (sulfide) groups is 1. The summed E-state index contributed by atoms with van der Waals surface area (Å²) in [5, 5.41) is 13.0. The molecule has 3 aromatic rings. The topological polar surface area (TPSA) is 128 Å². The van der Waals surface area contributed by atoms with Gasteiger partial charge in [0.2, 0.25) is 5.91 Å². The Morgan fingerprint density at radius 3 is 2.45 bits per heavy atom. The van der Waals surface area contributed by atoms with E-state index in [4.69, 9.17) is 9.47 Å². The number of aryl methyl sites for hydroxylation is 1. The van der Waals surface area contributed by atoms with Gasteiger partial charge in [-0.3, -0.25) is 29.4 Å². The van der Waals surface area contributed by atoms with Crippen molar-refractivity contribution in [3.8, 4) is 11.5 Å². The van der Waals surface area contributed by atoms with Crippen molar-refractivity contribution < 1.29 is 28.8 Å². The molecule has 0 aromatic heterocycles. The second kappa shape index (κ2) is 13.0. The van der Waals surface area contributed by atoms with Gasteiger partial charge in [-0.15, -0.1) is 0 Å². The van der Waals surface area contributed by atoms with Gasteiger partial charge in [0.05, 0.1) is 20.0 Å². The molecule has 3 aromatic carbocycles. The lowest BCUT2D eigenvalue weighted by molar-refractivity contribution is -0.384. The van der Waals surface area contributed by atoms with Crippen molar-refractivity contribution in [1.29, 1.82) is 0 Å². The van der Waals surface area contributed by atoms with E-state index in [1.165, 1.54) is 12.1 Å². The van der Waals surface area contributed by atoms with Crippen LogP contribution in [0.1, 0.15) is 23.6 Å². The van der Waals surface area contributed by atoms with Gasteiger partial charge in [0, 0.05) is 17.8 Å². The number of nitrogens with one attached hydrogen (secondary N) is 1. The third-order valence-corrected chi connectivity index (χ3v) is 7.38. The number of amides is 3. The highest BCUT2D eigenvalue weighted by molar-refractivity contribution is 14.1. The molecule has 12 heteroatoms. The zero-order chi connectivity index (χ0) is 28.8. The van der Waals surface area contributed by atoms with Crippen LogP contribution < -0.4 is 14.8 Å². The Labute approximate surface area is 248 Å². The van der Waals surface area contributed by atoms with Crippen LogP contribution in [0.4, 0.5) is 16.2 Å². The van der Waals surface area contributed by atoms with E-state index in [1.54, 1.807) is 42.5 Å². The molecule has 4 rings (SSSR count). The van der Waals surface area contributed by atoms with Crippen LogP contribution in [0.3, 0.4) is 0 Å². The first-order valence-corrected chi connectivity index (χ1v) is 14.0. The minimum absolute atomic E-state index is 0.00556. The average molecular weight is 673 g/mol. The molecule has 1 saturated heterocycles. The summed E-state index contributed by atoms with van der Waals surface area (Å²) in [5.41, 5.74) is 2.97. The number of hydrogen-bond acceptors (Lipinski definition) is 8. The van der Waals surface area contributed by atoms with E-state index in [0.717, 1.165) is 27.8 Å². The molecule has 0 unspecified atom stereocenters. The molecule has 1 aliphatic rings. The first kappa shape index (κ1) is 29.1. The SMILES string of the molecule is CCOc1cc(/C=C2/SC(=O)N(CC(=O)Nc3ccc(C)cc3)C2=O)cc(I)c1OCc1ccc([N+](=O)[O-])cc1. The van der Waals surface area contributed by atoms with E-state index in [9.17, 15) is 24.5 Å². The predicted octanol–water partition coefficient (Wildman–Crippen LogP) is 6.16. The van der Waals surface area contributed by atoms with Crippen LogP contribution >= 0.6 is 34.4 Å². The maximum absolute atomic E-state index is 13.0.